The Kier molecular flexibility index (Phi) is 7.64. The Hall–Kier alpha value is -3.33. The number of carbonyl (C=O) groups excluding carboxylic acids is 1. The highest BCUT2D eigenvalue weighted by atomic mass is 32.2. The van der Waals surface area contributed by atoms with Crippen LogP contribution in [0.3, 0.4) is 0 Å². The standard InChI is InChI=1S/C28H29F3N2O3S/c1-3-20-17-33(24-10-8-23(9-11-24)28(29,30)31)18-22-15-21(7-14-26(20)22)27(34)32-16-19-5-12-25(13-6-19)37(35,36)4-2/h5-15,20H,3-4,16-18H2,1-2H3,(H,32,34)/t20-/m0/s1. The van der Waals surface area contributed by atoms with Crippen LogP contribution < -0.4 is 10.2 Å². The number of carbonyl (C=O) groups is 1. The molecule has 0 radical (unpaired) electrons. The number of sulfone groups is 1. The monoisotopic (exact) mass is 530 g/mol. The van der Waals surface area contributed by atoms with E-state index in [9.17, 15) is 26.4 Å². The first kappa shape index (κ1) is 26.7. The topological polar surface area (TPSA) is 66.5 Å². The first-order valence-corrected chi connectivity index (χ1v) is 13.8. The molecule has 9 heteroatoms. The fourth-order valence-electron chi connectivity index (χ4n) is 4.59. The second-order valence-corrected chi connectivity index (χ2v) is 11.5. The molecule has 3 aromatic carbocycles. The zero-order chi connectivity index (χ0) is 26.8. The predicted octanol–water partition coefficient (Wildman–Crippen LogP) is 5.94. The van der Waals surface area contributed by atoms with Gasteiger partial charge in [0, 0.05) is 36.8 Å². The maximum Gasteiger partial charge on any atom is 0.416 e. The van der Waals surface area contributed by atoms with E-state index in [1.54, 1.807) is 37.3 Å². The molecular weight excluding hydrogens is 501 g/mol. The van der Waals surface area contributed by atoms with Crippen LogP contribution in [0.15, 0.2) is 71.6 Å². The normalized spacial score (nSPS) is 15.8. The molecule has 0 saturated carbocycles. The van der Waals surface area contributed by atoms with Crippen molar-refractivity contribution in [1.29, 1.82) is 0 Å². The summed E-state index contributed by atoms with van der Waals surface area (Å²) in [5.41, 5.74) is 3.42. The molecule has 1 atom stereocenters. The van der Waals surface area contributed by atoms with Gasteiger partial charge in [-0.2, -0.15) is 13.2 Å². The third-order valence-corrected chi connectivity index (χ3v) is 8.57. The van der Waals surface area contributed by atoms with Crippen molar-refractivity contribution in [1.82, 2.24) is 5.32 Å². The molecule has 0 fully saturated rings. The fourth-order valence-corrected chi connectivity index (χ4v) is 5.47. The van der Waals surface area contributed by atoms with Gasteiger partial charge in [0.05, 0.1) is 16.2 Å². The van der Waals surface area contributed by atoms with Crippen molar-refractivity contribution < 1.29 is 26.4 Å². The van der Waals surface area contributed by atoms with Crippen LogP contribution in [0.25, 0.3) is 0 Å². The number of nitrogens with zero attached hydrogens (tertiary/aromatic N) is 1. The molecule has 1 N–H and O–H groups in total. The first-order valence-electron chi connectivity index (χ1n) is 12.2. The Bertz CT molecular complexity index is 1370. The number of halogens is 3. The van der Waals surface area contributed by atoms with Crippen LogP contribution in [0.1, 0.15) is 58.8 Å². The molecular formula is C28H29F3N2O3S. The van der Waals surface area contributed by atoms with Crippen LogP contribution >= 0.6 is 0 Å². The van der Waals surface area contributed by atoms with E-state index in [0.29, 0.717) is 24.3 Å². The number of alkyl halides is 3. The second-order valence-electron chi connectivity index (χ2n) is 9.17. The van der Waals surface area contributed by atoms with Gasteiger partial charge in [0.25, 0.3) is 5.91 Å². The maximum atomic E-state index is 13.0. The van der Waals surface area contributed by atoms with E-state index >= 15 is 0 Å². The fraction of sp³-hybridized carbons (Fsp3) is 0.321. The lowest BCUT2D eigenvalue weighted by molar-refractivity contribution is -0.137. The third kappa shape index (κ3) is 5.98. The van der Waals surface area contributed by atoms with Crippen LogP contribution in [0.4, 0.5) is 18.9 Å². The summed E-state index contributed by atoms with van der Waals surface area (Å²) in [4.78, 5) is 15.2. The van der Waals surface area contributed by atoms with E-state index in [-0.39, 0.29) is 29.0 Å². The summed E-state index contributed by atoms with van der Waals surface area (Å²) < 4.78 is 62.9. The van der Waals surface area contributed by atoms with Crippen molar-refractivity contribution in [2.75, 3.05) is 17.2 Å². The molecule has 1 aliphatic heterocycles. The minimum Gasteiger partial charge on any atom is -0.367 e. The van der Waals surface area contributed by atoms with E-state index in [4.69, 9.17) is 0 Å². The summed E-state index contributed by atoms with van der Waals surface area (Å²) in [7, 11) is -3.28. The quantitative estimate of drug-likeness (QED) is 0.411. The summed E-state index contributed by atoms with van der Waals surface area (Å²) in [6.45, 7) is 5.09. The van der Waals surface area contributed by atoms with Crippen LogP contribution in [-0.4, -0.2) is 26.6 Å². The summed E-state index contributed by atoms with van der Waals surface area (Å²) in [6.07, 6.45) is -3.52. The number of anilines is 1. The summed E-state index contributed by atoms with van der Waals surface area (Å²) >= 11 is 0. The molecule has 4 rings (SSSR count). The van der Waals surface area contributed by atoms with Gasteiger partial charge in [-0.15, -0.1) is 0 Å². The van der Waals surface area contributed by atoms with Crippen molar-refractivity contribution in [2.24, 2.45) is 0 Å². The number of amides is 1. The highest BCUT2D eigenvalue weighted by Gasteiger charge is 2.31. The molecule has 0 spiro atoms. The van der Waals surface area contributed by atoms with Gasteiger partial charge in [-0.05, 0) is 71.6 Å². The Morgan fingerprint density at radius 1 is 1.00 bits per heavy atom. The SMILES string of the molecule is CC[C@H]1CN(c2ccc(C(F)(F)F)cc2)Cc2cc(C(=O)NCc3ccc(S(=O)(=O)CC)cc3)ccc21. The minimum absolute atomic E-state index is 0.0244. The number of hydrogen-bond donors (Lipinski definition) is 1. The van der Waals surface area contributed by atoms with Crippen molar-refractivity contribution >= 4 is 21.4 Å². The van der Waals surface area contributed by atoms with E-state index in [0.717, 1.165) is 35.2 Å². The van der Waals surface area contributed by atoms with Crippen molar-refractivity contribution in [3.8, 4) is 0 Å². The summed E-state index contributed by atoms with van der Waals surface area (Å²) in [5, 5.41) is 2.87. The van der Waals surface area contributed by atoms with E-state index in [1.165, 1.54) is 12.1 Å². The molecule has 0 aromatic heterocycles. The molecule has 0 unspecified atom stereocenters. The Balaban J connectivity index is 1.48. The third-order valence-electron chi connectivity index (χ3n) is 6.82. The zero-order valence-electron chi connectivity index (χ0n) is 20.7. The lowest BCUT2D eigenvalue weighted by atomic mass is 9.86. The van der Waals surface area contributed by atoms with Gasteiger partial charge in [-0.25, -0.2) is 8.42 Å². The molecule has 37 heavy (non-hydrogen) atoms. The Morgan fingerprint density at radius 3 is 2.27 bits per heavy atom. The predicted molar refractivity (Wildman–Crippen MR) is 137 cm³/mol. The molecule has 0 saturated heterocycles. The van der Waals surface area contributed by atoms with Gasteiger partial charge < -0.3 is 10.2 Å². The minimum atomic E-state index is -4.38. The Labute approximate surface area is 215 Å². The molecule has 1 heterocycles. The summed E-state index contributed by atoms with van der Waals surface area (Å²) in [5.74, 6) is -0.0369. The Morgan fingerprint density at radius 2 is 1.68 bits per heavy atom. The lowest BCUT2D eigenvalue weighted by Crippen LogP contribution is -2.34. The van der Waals surface area contributed by atoms with Gasteiger partial charge in [0.15, 0.2) is 9.84 Å². The maximum absolute atomic E-state index is 13.0. The van der Waals surface area contributed by atoms with E-state index < -0.39 is 21.6 Å². The molecule has 1 aliphatic rings. The van der Waals surface area contributed by atoms with Gasteiger partial charge in [0.1, 0.15) is 0 Å². The van der Waals surface area contributed by atoms with E-state index in [2.05, 4.69) is 12.2 Å². The second kappa shape index (κ2) is 10.6. The van der Waals surface area contributed by atoms with Crippen molar-refractivity contribution in [3.63, 3.8) is 0 Å². The highest BCUT2D eigenvalue weighted by molar-refractivity contribution is 7.91. The molecule has 196 valence electrons. The van der Waals surface area contributed by atoms with Crippen molar-refractivity contribution in [2.45, 2.75) is 50.3 Å². The largest absolute Gasteiger partial charge is 0.416 e. The van der Waals surface area contributed by atoms with Gasteiger partial charge >= 0.3 is 6.18 Å². The molecule has 3 aromatic rings. The average molecular weight is 531 g/mol. The van der Waals surface area contributed by atoms with Gasteiger partial charge in [-0.3, -0.25) is 4.79 Å². The molecule has 0 bridgehead atoms. The smallest absolute Gasteiger partial charge is 0.367 e. The van der Waals surface area contributed by atoms with Crippen LogP contribution in [-0.2, 0) is 29.1 Å². The zero-order valence-corrected chi connectivity index (χ0v) is 21.5. The lowest BCUT2D eigenvalue weighted by Gasteiger charge is -2.36. The number of rotatable bonds is 7. The first-order chi connectivity index (χ1) is 17.5. The summed E-state index contributed by atoms with van der Waals surface area (Å²) in [6, 6.07) is 17.2. The highest BCUT2D eigenvalue weighted by Crippen LogP contribution is 2.35. The van der Waals surface area contributed by atoms with Crippen LogP contribution in [0.2, 0.25) is 0 Å². The van der Waals surface area contributed by atoms with Gasteiger partial charge in [-0.1, -0.05) is 32.0 Å². The molecule has 1 amide bonds. The molecule has 5 nitrogen and oxygen atoms in total. The van der Waals surface area contributed by atoms with Crippen molar-refractivity contribution in [3.05, 3.63) is 94.5 Å². The van der Waals surface area contributed by atoms with Crippen LogP contribution in [0.5, 0.6) is 0 Å². The number of nitrogens with one attached hydrogen (secondary N) is 1. The number of fused-ring (bicyclic) bond motifs is 1. The average Bonchev–Trinajstić information content (AvgIpc) is 2.90. The molecule has 0 aliphatic carbocycles. The number of hydrogen-bond acceptors (Lipinski definition) is 4. The van der Waals surface area contributed by atoms with Gasteiger partial charge in [0.2, 0.25) is 0 Å². The number of benzene rings is 3. The van der Waals surface area contributed by atoms with Crippen LogP contribution in [0, 0.1) is 0 Å². The van der Waals surface area contributed by atoms with E-state index in [1.807, 2.05) is 17.0 Å².